The van der Waals surface area contributed by atoms with E-state index in [1.165, 1.54) is 14.2 Å². The lowest BCUT2D eigenvalue weighted by atomic mass is 9.76. The molecule has 0 unspecified atom stereocenters. The maximum Gasteiger partial charge on any atom is 0.309 e. The summed E-state index contributed by atoms with van der Waals surface area (Å²) in [6.45, 7) is 1.05. The van der Waals surface area contributed by atoms with E-state index in [2.05, 4.69) is 0 Å². The van der Waals surface area contributed by atoms with Crippen molar-refractivity contribution in [3.05, 3.63) is 0 Å². The molecular weight excluding hydrogens is 240 g/mol. The van der Waals surface area contributed by atoms with Gasteiger partial charge in [-0.1, -0.05) is 0 Å². The molecule has 6 nitrogen and oxygen atoms in total. The molecule has 0 amide bonds. The molecule has 0 aromatic heterocycles. The van der Waals surface area contributed by atoms with E-state index in [0.29, 0.717) is 32.5 Å². The van der Waals surface area contributed by atoms with E-state index in [-0.39, 0.29) is 5.97 Å². The number of carbonyl (C=O) groups excluding carboxylic acids is 2. The monoisotopic (exact) mass is 258 g/mol. The highest BCUT2D eigenvalue weighted by molar-refractivity contribution is 5.82. The van der Waals surface area contributed by atoms with E-state index in [0.717, 1.165) is 0 Å². The predicted molar refractivity (Wildman–Crippen MR) is 59.5 cm³/mol. The van der Waals surface area contributed by atoms with Crippen molar-refractivity contribution >= 4 is 11.9 Å². The van der Waals surface area contributed by atoms with Gasteiger partial charge in [-0.25, -0.2) is 0 Å². The standard InChI is InChI=1S/C12H18O6/c1-15-10(13)8-3-4-12(17-5-6-18-12)7-9(8)11(14)16-2/h8-9H,3-7H2,1-2H3/t8-,9-/m1/s1. The van der Waals surface area contributed by atoms with Crippen molar-refractivity contribution in [2.45, 2.75) is 25.0 Å². The van der Waals surface area contributed by atoms with E-state index in [1.54, 1.807) is 0 Å². The Hall–Kier alpha value is -1.14. The molecular formula is C12H18O6. The van der Waals surface area contributed by atoms with Crippen molar-refractivity contribution in [1.29, 1.82) is 0 Å². The number of rotatable bonds is 2. The second-order valence-corrected chi connectivity index (χ2v) is 4.61. The van der Waals surface area contributed by atoms with Crippen LogP contribution in [0.3, 0.4) is 0 Å². The van der Waals surface area contributed by atoms with Crippen molar-refractivity contribution in [3.8, 4) is 0 Å². The van der Waals surface area contributed by atoms with Crippen molar-refractivity contribution in [1.82, 2.24) is 0 Å². The molecule has 2 atom stereocenters. The first kappa shape index (κ1) is 13.3. The molecule has 1 aliphatic heterocycles. The second-order valence-electron chi connectivity index (χ2n) is 4.61. The molecule has 2 rings (SSSR count). The zero-order chi connectivity index (χ0) is 13.2. The summed E-state index contributed by atoms with van der Waals surface area (Å²) in [5.41, 5.74) is 0. The quantitative estimate of drug-likeness (QED) is 0.671. The fraction of sp³-hybridized carbons (Fsp3) is 0.833. The summed E-state index contributed by atoms with van der Waals surface area (Å²) in [6, 6.07) is 0. The number of hydrogen-bond acceptors (Lipinski definition) is 6. The number of esters is 2. The maximum absolute atomic E-state index is 11.8. The third kappa shape index (κ3) is 2.35. The normalized spacial score (nSPS) is 30.1. The second kappa shape index (κ2) is 5.24. The van der Waals surface area contributed by atoms with Crippen LogP contribution in [0.5, 0.6) is 0 Å². The lowest BCUT2D eigenvalue weighted by molar-refractivity contribution is -0.205. The molecule has 1 aliphatic carbocycles. The van der Waals surface area contributed by atoms with E-state index < -0.39 is 23.6 Å². The van der Waals surface area contributed by atoms with E-state index in [9.17, 15) is 9.59 Å². The number of methoxy groups -OCH3 is 2. The Labute approximate surface area is 106 Å². The van der Waals surface area contributed by atoms with Gasteiger partial charge in [-0.15, -0.1) is 0 Å². The molecule has 0 bridgehead atoms. The molecule has 6 heteroatoms. The minimum absolute atomic E-state index is 0.347. The van der Waals surface area contributed by atoms with E-state index >= 15 is 0 Å². The third-order valence-electron chi connectivity index (χ3n) is 3.67. The Morgan fingerprint density at radius 3 is 2.17 bits per heavy atom. The summed E-state index contributed by atoms with van der Waals surface area (Å²) in [6.07, 6.45) is 1.45. The molecule has 1 saturated heterocycles. The van der Waals surface area contributed by atoms with Crippen LogP contribution >= 0.6 is 0 Å². The molecule has 1 spiro atoms. The summed E-state index contributed by atoms with van der Waals surface area (Å²) < 4.78 is 20.7. The van der Waals surface area contributed by atoms with Crippen LogP contribution in [-0.4, -0.2) is 45.2 Å². The highest BCUT2D eigenvalue weighted by Crippen LogP contribution is 2.42. The van der Waals surface area contributed by atoms with Crippen LogP contribution < -0.4 is 0 Å². The van der Waals surface area contributed by atoms with Gasteiger partial charge in [0.25, 0.3) is 0 Å². The van der Waals surface area contributed by atoms with Gasteiger partial charge in [-0.2, -0.15) is 0 Å². The smallest absolute Gasteiger partial charge is 0.309 e. The van der Waals surface area contributed by atoms with Gasteiger partial charge in [0.05, 0.1) is 39.3 Å². The highest BCUT2D eigenvalue weighted by atomic mass is 16.7. The molecule has 0 aromatic rings. The minimum Gasteiger partial charge on any atom is -0.469 e. The fourth-order valence-electron chi connectivity index (χ4n) is 2.75. The van der Waals surface area contributed by atoms with Gasteiger partial charge in [-0.3, -0.25) is 9.59 Å². The van der Waals surface area contributed by atoms with Gasteiger partial charge in [0, 0.05) is 12.8 Å². The Bertz CT molecular complexity index is 333. The Balaban J connectivity index is 2.14. The first-order chi connectivity index (χ1) is 8.62. The molecule has 0 N–H and O–H groups in total. The molecule has 2 fully saturated rings. The maximum atomic E-state index is 11.8. The van der Waals surface area contributed by atoms with Gasteiger partial charge in [0.1, 0.15) is 0 Å². The average Bonchev–Trinajstić information content (AvgIpc) is 2.85. The van der Waals surface area contributed by atoms with Crippen LogP contribution in [0.4, 0.5) is 0 Å². The highest BCUT2D eigenvalue weighted by Gasteiger charge is 2.50. The molecule has 0 radical (unpaired) electrons. The fourth-order valence-corrected chi connectivity index (χ4v) is 2.75. The topological polar surface area (TPSA) is 71.1 Å². The van der Waals surface area contributed by atoms with Crippen LogP contribution in [0.1, 0.15) is 19.3 Å². The number of ether oxygens (including phenoxy) is 4. The Morgan fingerprint density at radius 2 is 1.61 bits per heavy atom. The van der Waals surface area contributed by atoms with Crippen molar-refractivity contribution in [3.63, 3.8) is 0 Å². The van der Waals surface area contributed by atoms with Crippen LogP contribution in [-0.2, 0) is 28.5 Å². The predicted octanol–water partition coefficient (Wildman–Crippen LogP) is 0.492. The van der Waals surface area contributed by atoms with Crippen LogP contribution in [0.15, 0.2) is 0 Å². The van der Waals surface area contributed by atoms with Crippen molar-refractivity contribution in [2.75, 3.05) is 27.4 Å². The Kier molecular flexibility index (Phi) is 3.87. The molecule has 1 saturated carbocycles. The van der Waals surface area contributed by atoms with Gasteiger partial charge in [0.15, 0.2) is 5.79 Å². The molecule has 18 heavy (non-hydrogen) atoms. The lowest BCUT2D eigenvalue weighted by Crippen LogP contribution is -2.45. The summed E-state index contributed by atoms with van der Waals surface area (Å²) in [7, 11) is 2.64. The van der Waals surface area contributed by atoms with Crippen molar-refractivity contribution < 1.29 is 28.5 Å². The largest absolute Gasteiger partial charge is 0.469 e. The summed E-state index contributed by atoms with van der Waals surface area (Å²) in [4.78, 5) is 23.5. The SMILES string of the molecule is COC(=O)[C@@H]1CCC2(C[C@H]1C(=O)OC)OCCO2. The summed E-state index contributed by atoms with van der Waals surface area (Å²) in [5, 5.41) is 0. The lowest BCUT2D eigenvalue weighted by Gasteiger charge is -2.38. The minimum atomic E-state index is -0.719. The summed E-state index contributed by atoms with van der Waals surface area (Å²) in [5.74, 6) is -2.54. The first-order valence-corrected chi connectivity index (χ1v) is 6.05. The third-order valence-corrected chi connectivity index (χ3v) is 3.67. The van der Waals surface area contributed by atoms with Gasteiger partial charge >= 0.3 is 11.9 Å². The van der Waals surface area contributed by atoms with Crippen LogP contribution in [0.2, 0.25) is 0 Å². The molecule has 0 aromatic carbocycles. The van der Waals surface area contributed by atoms with Crippen molar-refractivity contribution in [2.24, 2.45) is 11.8 Å². The number of hydrogen-bond donors (Lipinski definition) is 0. The average molecular weight is 258 g/mol. The van der Waals surface area contributed by atoms with E-state index in [1.807, 2.05) is 0 Å². The zero-order valence-corrected chi connectivity index (χ0v) is 10.6. The number of carbonyl (C=O) groups is 2. The van der Waals surface area contributed by atoms with E-state index in [4.69, 9.17) is 18.9 Å². The van der Waals surface area contributed by atoms with Gasteiger partial charge in [0.2, 0.25) is 0 Å². The molecule has 2 aliphatic rings. The molecule has 1 heterocycles. The van der Waals surface area contributed by atoms with Crippen LogP contribution in [0, 0.1) is 11.8 Å². The summed E-state index contributed by atoms with van der Waals surface area (Å²) >= 11 is 0. The van der Waals surface area contributed by atoms with Gasteiger partial charge < -0.3 is 18.9 Å². The Morgan fingerprint density at radius 1 is 1.06 bits per heavy atom. The first-order valence-electron chi connectivity index (χ1n) is 6.05. The van der Waals surface area contributed by atoms with Gasteiger partial charge in [-0.05, 0) is 6.42 Å². The zero-order valence-electron chi connectivity index (χ0n) is 10.6. The van der Waals surface area contributed by atoms with Crippen LogP contribution in [0.25, 0.3) is 0 Å². The molecule has 102 valence electrons.